The number of hydrogen-bond donors (Lipinski definition) is 1. The Kier molecular flexibility index (Phi) is 5.16. The highest BCUT2D eigenvalue weighted by molar-refractivity contribution is 5.84. The van der Waals surface area contributed by atoms with Gasteiger partial charge in [0.05, 0.1) is 22.8 Å². The van der Waals surface area contributed by atoms with Crippen molar-refractivity contribution in [3.63, 3.8) is 0 Å². The van der Waals surface area contributed by atoms with Crippen LogP contribution >= 0.6 is 0 Å². The maximum absolute atomic E-state index is 9.28. The third-order valence-electron chi connectivity index (χ3n) is 4.70. The SMILES string of the molecule is CCc1ccc2c(-c3cccc(C#N)c3)c(CCCCN)c(C)nn12. The van der Waals surface area contributed by atoms with Gasteiger partial charge in [0.2, 0.25) is 0 Å². The topological polar surface area (TPSA) is 67.1 Å². The summed E-state index contributed by atoms with van der Waals surface area (Å²) in [5, 5.41) is 14.1. The first-order valence-corrected chi connectivity index (χ1v) is 8.90. The lowest BCUT2D eigenvalue weighted by atomic mass is 9.94. The van der Waals surface area contributed by atoms with Gasteiger partial charge in [0.15, 0.2) is 0 Å². The minimum atomic E-state index is 0.681. The summed E-state index contributed by atoms with van der Waals surface area (Å²) in [5.41, 5.74) is 13.3. The van der Waals surface area contributed by atoms with Crippen LogP contribution in [0.1, 0.15) is 42.3 Å². The molecule has 0 aliphatic carbocycles. The summed E-state index contributed by atoms with van der Waals surface area (Å²) in [6, 6.07) is 14.4. The molecule has 0 aliphatic rings. The standard InChI is InChI=1S/C21H24N4/c1-3-18-10-11-20-21(17-8-6-7-16(13-17)14-23)19(9-4-5-12-22)15(2)24-25(18)20/h6-8,10-11,13H,3-5,9,12,22H2,1-2H3. The van der Waals surface area contributed by atoms with Crippen LogP contribution in [0.25, 0.3) is 16.6 Å². The highest BCUT2D eigenvalue weighted by Crippen LogP contribution is 2.32. The van der Waals surface area contributed by atoms with Crippen LogP contribution in [0, 0.1) is 18.3 Å². The Morgan fingerprint density at radius 1 is 1.20 bits per heavy atom. The molecule has 4 nitrogen and oxygen atoms in total. The lowest BCUT2D eigenvalue weighted by molar-refractivity contribution is 0.732. The molecule has 0 unspecified atom stereocenters. The third-order valence-corrected chi connectivity index (χ3v) is 4.70. The molecule has 0 spiro atoms. The maximum atomic E-state index is 9.28. The molecular weight excluding hydrogens is 308 g/mol. The smallest absolute Gasteiger partial charge is 0.0991 e. The number of nitrogens with two attached hydrogens (primary N) is 1. The van der Waals surface area contributed by atoms with Crippen LogP contribution in [0.2, 0.25) is 0 Å². The largest absolute Gasteiger partial charge is 0.330 e. The summed E-state index contributed by atoms with van der Waals surface area (Å²) in [5.74, 6) is 0. The average molecular weight is 332 g/mol. The van der Waals surface area contributed by atoms with E-state index in [9.17, 15) is 5.26 Å². The number of benzene rings is 1. The molecule has 0 fully saturated rings. The lowest BCUT2D eigenvalue weighted by Gasteiger charge is -2.16. The molecular formula is C21H24N4. The van der Waals surface area contributed by atoms with Gasteiger partial charge in [-0.05, 0) is 74.5 Å². The number of nitriles is 1. The number of rotatable bonds is 6. The van der Waals surface area contributed by atoms with Gasteiger partial charge in [-0.1, -0.05) is 19.1 Å². The molecule has 0 saturated heterocycles. The number of aryl methyl sites for hydroxylation is 2. The molecule has 2 heterocycles. The van der Waals surface area contributed by atoms with Gasteiger partial charge in [-0.3, -0.25) is 0 Å². The fourth-order valence-electron chi connectivity index (χ4n) is 3.41. The monoisotopic (exact) mass is 332 g/mol. The van der Waals surface area contributed by atoms with Gasteiger partial charge in [0.1, 0.15) is 0 Å². The number of nitrogens with zero attached hydrogens (tertiary/aromatic N) is 3. The summed E-state index contributed by atoms with van der Waals surface area (Å²) in [7, 11) is 0. The van der Waals surface area contributed by atoms with Gasteiger partial charge in [-0.15, -0.1) is 0 Å². The molecule has 0 aliphatic heterocycles. The molecule has 128 valence electrons. The van der Waals surface area contributed by atoms with E-state index < -0.39 is 0 Å². The van der Waals surface area contributed by atoms with Crippen molar-refractivity contribution >= 4 is 5.52 Å². The van der Waals surface area contributed by atoms with Crippen LogP contribution in [0.5, 0.6) is 0 Å². The Morgan fingerprint density at radius 2 is 2.04 bits per heavy atom. The highest BCUT2D eigenvalue weighted by atomic mass is 15.2. The van der Waals surface area contributed by atoms with E-state index in [-0.39, 0.29) is 0 Å². The second kappa shape index (κ2) is 7.50. The molecule has 0 bridgehead atoms. The van der Waals surface area contributed by atoms with Crippen LogP contribution in [0.3, 0.4) is 0 Å². The van der Waals surface area contributed by atoms with Gasteiger partial charge < -0.3 is 5.73 Å². The van der Waals surface area contributed by atoms with Gasteiger partial charge in [-0.2, -0.15) is 10.4 Å². The molecule has 2 aromatic heterocycles. The minimum Gasteiger partial charge on any atom is -0.330 e. The number of hydrogen-bond acceptors (Lipinski definition) is 3. The van der Waals surface area contributed by atoms with Gasteiger partial charge in [0.25, 0.3) is 0 Å². The van der Waals surface area contributed by atoms with E-state index in [0.29, 0.717) is 12.1 Å². The Bertz CT molecular complexity index is 931. The van der Waals surface area contributed by atoms with Gasteiger partial charge in [-0.25, -0.2) is 4.52 Å². The summed E-state index contributed by atoms with van der Waals surface area (Å²) in [6.45, 7) is 4.93. The molecule has 25 heavy (non-hydrogen) atoms. The van der Waals surface area contributed by atoms with Crippen molar-refractivity contribution in [3.8, 4) is 17.2 Å². The van der Waals surface area contributed by atoms with E-state index in [0.717, 1.165) is 42.5 Å². The van der Waals surface area contributed by atoms with Crippen molar-refractivity contribution in [3.05, 3.63) is 58.9 Å². The normalized spacial score (nSPS) is 11.0. The highest BCUT2D eigenvalue weighted by Gasteiger charge is 2.16. The molecule has 3 rings (SSSR count). The lowest BCUT2D eigenvalue weighted by Crippen LogP contribution is -2.07. The molecule has 1 aromatic carbocycles. The molecule has 0 saturated carbocycles. The van der Waals surface area contributed by atoms with Crippen molar-refractivity contribution in [2.24, 2.45) is 5.73 Å². The van der Waals surface area contributed by atoms with E-state index in [4.69, 9.17) is 10.8 Å². The second-order valence-electron chi connectivity index (χ2n) is 6.35. The van der Waals surface area contributed by atoms with Crippen molar-refractivity contribution < 1.29 is 0 Å². The minimum absolute atomic E-state index is 0.681. The summed E-state index contributed by atoms with van der Waals surface area (Å²) < 4.78 is 2.05. The van der Waals surface area contributed by atoms with Crippen molar-refractivity contribution in [2.75, 3.05) is 6.54 Å². The zero-order valence-electron chi connectivity index (χ0n) is 14.9. The van der Waals surface area contributed by atoms with Crippen LogP contribution in [0.15, 0.2) is 36.4 Å². The zero-order chi connectivity index (χ0) is 17.8. The van der Waals surface area contributed by atoms with Crippen LogP contribution in [-0.2, 0) is 12.8 Å². The fourth-order valence-corrected chi connectivity index (χ4v) is 3.41. The predicted octanol–water partition coefficient (Wildman–Crippen LogP) is 4.03. The van der Waals surface area contributed by atoms with Gasteiger partial charge >= 0.3 is 0 Å². The Labute approximate surface area is 148 Å². The number of aromatic nitrogens is 2. The number of unbranched alkanes of at least 4 members (excludes halogenated alkanes) is 1. The average Bonchev–Trinajstić information content (AvgIpc) is 3.04. The quantitative estimate of drug-likeness (QED) is 0.693. The first kappa shape index (κ1) is 17.2. The van der Waals surface area contributed by atoms with E-state index >= 15 is 0 Å². The van der Waals surface area contributed by atoms with E-state index in [2.05, 4.69) is 42.6 Å². The Morgan fingerprint density at radius 3 is 2.76 bits per heavy atom. The molecule has 0 amide bonds. The summed E-state index contributed by atoms with van der Waals surface area (Å²) >= 11 is 0. The predicted molar refractivity (Wildman–Crippen MR) is 101 cm³/mol. The van der Waals surface area contributed by atoms with Crippen LogP contribution in [0.4, 0.5) is 0 Å². The van der Waals surface area contributed by atoms with Crippen LogP contribution < -0.4 is 5.73 Å². The third kappa shape index (κ3) is 3.29. The maximum Gasteiger partial charge on any atom is 0.0991 e. The van der Waals surface area contributed by atoms with Crippen molar-refractivity contribution in [1.82, 2.24) is 9.61 Å². The Balaban J connectivity index is 2.25. The first-order chi connectivity index (χ1) is 12.2. The summed E-state index contributed by atoms with van der Waals surface area (Å²) in [6.07, 6.45) is 3.93. The van der Waals surface area contributed by atoms with E-state index in [1.54, 1.807) is 0 Å². The van der Waals surface area contributed by atoms with E-state index in [1.165, 1.54) is 16.8 Å². The molecule has 3 aromatic rings. The molecule has 2 N–H and O–H groups in total. The first-order valence-electron chi connectivity index (χ1n) is 8.90. The van der Waals surface area contributed by atoms with Gasteiger partial charge in [0, 0.05) is 11.3 Å². The fraction of sp³-hybridized carbons (Fsp3) is 0.333. The van der Waals surface area contributed by atoms with Crippen molar-refractivity contribution in [1.29, 1.82) is 5.26 Å². The van der Waals surface area contributed by atoms with E-state index in [1.807, 2.05) is 18.2 Å². The zero-order valence-corrected chi connectivity index (χ0v) is 14.9. The molecule has 0 atom stereocenters. The van der Waals surface area contributed by atoms with Crippen LogP contribution in [-0.4, -0.2) is 16.2 Å². The summed E-state index contributed by atoms with van der Waals surface area (Å²) in [4.78, 5) is 0. The number of fused-ring (bicyclic) bond motifs is 1. The van der Waals surface area contributed by atoms with Crippen molar-refractivity contribution in [2.45, 2.75) is 39.5 Å². The molecule has 0 radical (unpaired) electrons. The Hall–Kier alpha value is -2.64. The second-order valence-corrected chi connectivity index (χ2v) is 6.35. The molecule has 4 heteroatoms.